The Balaban J connectivity index is 2.28. The first-order valence-corrected chi connectivity index (χ1v) is 7.45. The Morgan fingerprint density at radius 1 is 1.47 bits per heavy atom. The summed E-state index contributed by atoms with van der Waals surface area (Å²) >= 11 is 3.83. The molecule has 96 valence electrons. The zero-order valence-electron chi connectivity index (χ0n) is 11.3. The Morgan fingerprint density at radius 3 is 2.71 bits per heavy atom. The average Bonchev–Trinajstić information content (AvgIpc) is 2.18. The van der Waals surface area contributed by atoms with E-state index in [1.54, 1.807) is 0 Å². The van der Waals surface area contributed by atoms with Gasteiger partial charge in [0, 0.05) is 10.7 Å². The number of ketones is 1. The Morgan fingerprint density at radius 2 is 2.12 bits per heavy atom. The molecule has 0 N–H and O–H groups in total. The van der Waals surface area contributed by atoms with Gasteiger partial charge < -0.3 is 0 Å². The number of rotatable bonds is 1. The van der Waals surface area contributed by atoms with Crippen LogP contribution in [0.5, 0.6) is 0 Å². The molecule has 2 aliphatic carbocycles. The van der Waals surface area contributed by atoms with Crippen LogP contribution in [-0.4, -0.2) is 10.1 Å². The van der Waals surface area contributed by atoms with Gasteiger partial charge in [0.2, 0.25) is 0 Å². The van der Waals surface area contributed by atoms with Crippen LogP contribution >= 0.6 is 15.9 Å². The first kappa shape index (κ1) is 13.3. The van der Waals surface area contributed by atoms with Gasteiger partial charge in [0.25, 0.3) is 0 Å². The zero-order chi connectivity index (χ0) is 12.8. The molecule has 0 heterocycles. The summed E-state index contributed by atoms with van der Waals surface area (Å²) in [5.41, 5.74) is 1.66. The molecular formula is C15H23BrO. The number of carbonyl (C=O) groups is 1. The molecule has 17 heavy (non-hydrogen) atoms. The molecule has 0 aliphatic heterocycles. The summed E-state index contributed by atoms with van der Waals surface area (Å²) in [6.07, 6.45) is 6.20. The van der Waals surface area contributed by atoms with E-state index in [0.29, 0.717) is 17.6 Å². The van der Waals surface area contributed by atoms with Crippen molar-refractivity contribution < 1.29 is 4.79 Å². The first-order chi connectivity index (χ1) is 7.73. The van der Waals surface area contributed by atoms with Crippen LogP contribution in [0, 0.1) is 17.3 Å². The molecule has 2 heteroatoms. The number of fused-ring (bicyclic) bond motifs is 1. The molecule has 0 unspecified atom stereocenters. The van der Waals surface area contributed by atoms with Crippen LogP contribution in [0.2, 0.25) is 0 Å². The molecule has 0 amide bonds. The number of alkyl halides is 1. The predicted molar refractivity (Wildman–Crippen MR) is 75.3 cm³/mol. The second-order valence-electron chi connectivity index (χ2n) is 6.66. The van der Waals surface area contributed by atoms with Crippen molar-refractivity contribution in [1.82, 2.24) is 0 Å². The summed E-state index contributed by atoms with van der Waals surface area (Å²) in [5.74, 6) is 1.54. The molecule has 0 saturated heterocycles. The van der Waals surface area contributed by atoms with E-state index in [-0.39, 0.29) is 9.74 Å². The normalized spacial score (nSPS) is 38.6. The van der Waals surface area contributed by atoms with Crippen molar-refractivity contribution in [2.24, 2.45) is 17.3 Å². The third-order valence-corrected chi connectivity index (χ3v) is 5.71. The van der Waals surface area contributed by atoms with E-state index in [1.807, 2.05) is 6.08 Å². The van der Waals surface area contributed by atoms with Crippen molar-refractivity contribution in [2.75, 3.05) is 0 Å². The maximum atomic E-state index is 11.7. The molecule has 0 bridgehead atoms. The number of halogens is 1. The number of allylic oxidation sites excluding steroid dienone is 2. The van der Waals surface area contributed by atoms with Crippen molar-refractivity contribution in [3.05, 3.63) is 11.6 Å². The minimum Gasteiger partial charge on any atom is -0.295 e. The van der Waals surface area contributed by atoms with E-state index < -0.39 is 0 Å². The summed E-state index contributed by atoms with van der Waals surface area (Å²) in [7, 11) is 0. The van der Waals surface area contributed by atoms with Crippen LogP contribution in [-0.2, 0) is 4.79 Å². The molecule has 0 spiro atoms. The summed E-state index contributed by atoms with van der Waals surface area (Å²) in [4.78, 5) is 11.7. The molecule has 0 aromatic carbocycles. The lowest BCUT2D eigenvalue weighted by Gasteiger charge is -2.49. The van der Waals surface area contributed by atoms with Gasteiger partial charge in [0.15, 0.2) is 5.78 Å². The maximum absolute atomic E-state index is 11.7. The second kappa shape index (κ2) is 4.22. The molecule has 1 nitrogen and oxygen atoms in total. The highest BCUT2D eigenvalue weighted by atomic mass is 79.9. The molecule has 0 aromatic rings. The van der Waals surface area contributed by atoms with E-state index in [0.717, 1.165) is 12.8 Å². The topological polar surface area (TPSA) is 17.1 Å². The molecular weight excluding hydrogens is 276 g/mol. The first-order valence-electron chi connectivity index (χ1n) is 6.66. The van der Waals surface area contributed by atoms with E-state index in [1.165, 1.54) is 18.4 Å². The lowest BCUT2D eigenvalue weighted by Crippen LogP contribution is -2.42. The monoisotopic (exact) mass is 298 g/mol. The van der Waals surface area contributed by atoms with E-state index in [9.17, 15) is 4.79 Å². The second-order valence-corrected chi connectivity index (χ2v) is 8.71. The largest absolute Gasteiger partial charge is 0.295 e. The minimum atomic E-state index is 0.211. The third kappa shape index (κ3) is 2.38. The minimum absolute atomic E-state index is 0.211. The quantitative estimate of drug-likeness (QED) is 0.651. The van der Waals surface area contributed by atoms with Crippen molar-refractivity contribution in [1.29, 1.82) is 0 Å². The highest BCUT2D eigenvalue weighted by Crippen LogP contribution is 2.54. The van der Waals surface area contributed by atoms with Gasteiger partial charge in [0.05, 0.1) is 0 Å². The zero-order valence-corrected chi connectivity index (χ0v) is 12.9. The fraction of sp³-hybridized carbons (Fsp3) is 0.800. The van der Waals surface area contributed by atoms with Gasteiger partial charge in [-0.15, -0.1) is 0 Å². The van der Waals surface area contributed by atoms with Crippen molar-refractivity contribution in [3.63, 3.8) is 0 Å². The van der Waals surface area contributed by atoms with Crippen molar-refractivity contribution >= 4 is 21.7 Å². The van der Waals surface area contributed by atoms with Gasteiger partial charge in [0.1, 0.15) is 0 Å². The Hall–Kier alpha value is -0.110. The van der Waals surface area contributed by atoms with Crippen molar-refractivity contribution in [3.8, 4) is 0 Å². The van der Waals surface area contributed by atoms with Gasteiger partial charge in [-0.1, -0.05) is 35.4 Å². The van der Waals surface area contributed by atoms with Crippen LogP contribution in [0.3, 0.4) is 0 Å². The number of hydrogen-bond donors (Lipinski definition) is 0. The Bertz CT molecular complexity index is 364. The summed E-state index contributed by atoms with van der Waals surface area (Å²) in [5, 5.41) is 0. The molecule has 2 aliphatic rings. The van der Waals surface area contributed by atoms with Crippen LogP contribution in [0.25, 0.3) is 0 Å². The van der Waals surface area contributed by atoms with Gasteiger partial charge >= 0.3 is 0 Å². The van der Waals surface area contributed by atoms with Gasteiger partial charge in [-0.2, -0.15) is 0 Å². The molecule has 3 atom stereocenters. The molecule has 0 aromatic heterocycles. The van der Waals surface area contributed by atoms with E-state index in [2.05, 4.69) is 43.6 Å². The standard InChI is InChI=1S/C15H23BrO/c1-10-7-13(17)8-11-5-6-12(14(2,3)16)9-15(10,11)4/h8,10,12H,5-7,9H2,1-4H3/t10-,12-,15+/m1/s1. The highest BCUT2D eigenvalue weighted by molar-refractivity contribution is 9.10. The van der Waals surface area contributed by atoms with E-state index >= 15 is 0 Å². The van der Waals surface area contributed by atoms with E-state index in [4.69, 9.17) is 0 Å². The summed E-state index contributed by atoms with van der Waals surface area (Å²) < 4.78 is 0.211. The van der Waals surface area contributed by atoms with Crippen LogP contribution < -0.4 is 0 Å². The van der Waals surface area contributed by atoms with Gasteiger partial charge in [-0.25, -0.2) is 0 Å². The maximum Gasteiger partial charge on any atom is 0.155 e. The number of carbonyl (C=O) groups excluding carboxylic acids is 1. The summed E-state index contributed by atoms with van der Waals surface area (Å²) in [6, 6.07) is 0. The fourth-order valence-electron chi connectivity index (χ4n) is 3.48. The number of hydrogen-bond acceptors (Lipinski definition) is 1. The van der Waals surface area contributed by atoms with Crippen LogP contribution in [0.4, 0.5) is 0 Å². The smallest absolute Gasteiger partial charge is 0.155 e. The molecule has 2 rings (SSSR count). The molecule has 0 radical (unpaired) electrons. The van der Waals surface area contributed by atoms with Gasteiger partial charge in [-0.3, -0.25) is 4.79 Å². The third-order valence-electron chi connectivity index (χ3n) is 5.07. The average molecular weight is 299 g/mol. The lowest BCUT2D eigenvalue weighted by molar-refractivity contribution is -0.117. The van der Waals surface area contributed by atoms with Crippen molar-refractivity contribution in [2.45, 2.75) is 57.7 Å². The highest BCUT2D eigenvalue weighted by Gasteiger charge is 2.46. The predicted octanol–water partition coefficient (Wildman–Crippen LogP) is 4.50. The lowest BCUT2D eigenvalue weighted by atomic mass is 9.57. The molecule has 1 saturated carbocycles. The Labute approximate surface area is 113 Å². The van der Waals surface area contributed by atoms with Crippen LogP contribution in [0.1, 0.15) is 53.4 Å². The Kier molecular flexibility index (Phi) is 3.31. The van der Waals surface area contributed by atoms with Gasteiger partial charge in [-0.05, 0) is 56.4 Å². The SMILES string of the molecule is C[C@@H]1CC(=O)C=C2CC[C@@H](C(C)(C)Br)C[C@]21C. The molecule has 1 fully saturated rings. The summed E-state index contributed by atoms with van der Waals surface area (Å²) in [6.45, 7) is 9.15. The van der Waals surface area contributed by atoms with Crippen LogP contribution in [0.15, 0.2) is 11.6 Å². The fourth-order valence-corrected chi connectivity index (χ4v) is 3.87.